The van der Waals surface area contributed by atoms with E-state index in [1.54, 1.807) is 7.11 Å². The number of hydrogen-bond acceptors (Lipinski definition) is 2. The third-order valence-electron chi connectivity index (χ3n) is 2.23. The van der Waals surface area contributed by atoms with Crippen LogP contribution < -0.4 is 13.7 Å². The van der Waals surface area contributed by atoms with Crippen molar-refractivity contribution in [2.75, 3.05) is 7.11 Å². The van der Waals surface area contributed by atoms with Gasteiger partial charge in [0.1, 0.15) is 0 Å². The third kappa shape index (κ3) is 2.21. The van der Waals surface area contributed by atoms with Crippen LogP contribution in [0.25, 0.3) is 0 Å². The maximum absolute atomic E-state index is 12.4. The molecule has 0 amide bonds. The summed E-state index contributed by atoms with van der Waals surface area (Å²) in [4.78, 5) is 0. The van der Waals surface area contributed by atoms with Crippen molar-refractivity contribution < 1.29 is 8.57 Å². The van der Waals surface area contributed by atoms with Crippen LogP contribution in [0.1, 0.15) is 0 Å². The number of benzene rings is 2. The summed E-state index contributed by atoms with van der Waals surface area (Å²) in [6, 6.07) is 17.0. The van der Waals surface area contributed by atoms with E-state index in [1.807, 2.05) is 54.6 Å². The standard InChI is InChI=1S/C13H12O2Se/c1-15-12-9-5-6-10-13(12)16(14)11-7-3-2-4-8-11/h2-10H,1H3. The molecule has 0 aliphatic rings. The first-order chi connectivity index (χ1) is 7.83. The van der Waals surface area contributed by atoms with Gasteiger partial charge in [-0.2, -0.15) is 0 Å². The molecule has 0 spiro atoms. The van der Waals surface area contributed by atoms with Gasteiger partial charge in [-0.15, -0.1) is 0 Å². The van der Waals surface area contributed by atoms with Gasteiger partial charge < -0.3 is 0 Å². The van der Waals surface area contributed by atoms with Crippen molar-refractivity contribution in [1.82, 2.24) is 0 Å². The van der Waals surface area contributed by atoms with Gasteiger partial charge in [0.05, 0.1) is 0 Å². The average molecular weight is 279 g/mol. The molecule has 0 fully saturated rings. The zero-order valence-electron chi connectivity index (χ0n) is 8.92. The second-order valence-electron chi connectivity index (χ2n) is 3.23. The summed E-state index contributed by atoms with van der Waals surface area (Å²) in [5, 5.41) is 0. The van der Waals surface area contributed by atoms with Crippen molar-refractivity contribution >= 4 is 22.8 Å². The van der Waals surface area contributed by atoms with Gasteiger partial charge in [0.25, 0.3) is 0 Å². The Morgan fingerprint density at radius 2 is 1.56 bits per heavy atom. The summed E-state index contributed by atoms with van der Waals surface area (Å²) in [6.45, 7) is 0. The van der Waals surface area contributed by atoms with Crippen molar-refractivity contribution in [3.8, 4) is 5.75 Å². The predicted molar refractivity (Wildman–Crippen MR) is 65.1 cm³/mol. The van der Waals surface area contributed by atoms with Crippen LogP contribution in [0.15, 0.2) is 54.6 Å². The summed E-state index contributed by atoms with van der Waals surface area (Å²) < 4.78 is 19.3. The Morgan fingerprint density at radius 3 is 2.25 bits per heavy atom. The molecule has 0 N–H and O–H groups in total. The topological polar surface area (TPSA) is 26.3 Å². The molecular weight excluding hydrogens is 267 g/mol. The first kappa shape index (κ1) is 11.1. The maximum atomic E-state index is 12.4. The number of hydrogen-bond donors (Lipinski definition) is 0. The fourth-order valence-electron chi connectivity index (χ4n) is 1.44. The van der Waals surface area contributed by atoms with E-state index in [4.69, 9.17) is 4.74 Å². The summed E-state index contributed by atoms with van der Waals surface area (Å²) in [5.74, 6) is 0.700. The van der Waals surface area contributed by atoms with Crippen molar-refractivity contribution in [2.24, 2.45) is 0 Å². The van der Waals surface area contributed by atoms with Crippen LogP contribution in [0.2, 0.25) is 0 Å². The Bertz CT molecular complexity index is 494. The van der Waals surface area contributed by atoms with Crippen molar-refractivity contribution in [3.63, 3.8) is 0 Å². The summed E-state index contributed by atoms with van der Waals surface area (Å²) >= 11 is -2.20. The number of rotatable bonds is 3. The SMILES string of the molecule is COc1ccccc1[Se](=O)c1ccccc1. The van der Waals surface area contributed by atoms with Crippen LogP contribution in [-0.4, -0.2) is 20.9 Å². The Balaban J connectivity index is 2.42. The number of ether oxygens (including phenoxy) is 1. The molecule has 3 heteroatoms. The van der Waals surface area contributed by atoms with Gasteiger partial charge in [-0.05, 0) is 0 Å². The molecule has 2 rings (SSSR count). The molecular formula is C13H12O2Se. The second kappa shape index (κ2) is 5.06. The van der Waals surface area contributed by atoms with E-state index in [-0.39, 0.29) is 0 Å². The number of methoxy groups -OCH3 is 1. The van der Waals surface area contributed by atoms with Crippen LogP contribution in [0.5, 0.6) is 5.75 Å². The van der Waals surface area contributed by atoms with Crippen LogP contribution >= 0.6 is 0 Å². The zero-order valence-corrected chi connectivity index (χ0v) is 10.6. The van der Waals surface area contributed by atoms with Gasteiger partial charge in [-0.25, -0.2) is 0 Å². The minimum atomic E-state index is -2.20. The van der Waals surface area contributed by atoms with E-state index >= 15 is 0 Å². The van der Waals surface area contributed by atoms with Gasteiger partial charge in [-0.1, -0.05) is 0 Å². The molecule has 0 saturated heterocycles. The van der Waals surface area contributed by atoms with Crippen molar-refractivity contribution in [2.45, 2.75) is 0 Å². The van der Waals surface area contributed by atoms with Gasteiger partial charge in [0.2, 0.25) is 0 Å². The predicted octanol–water partition coefficient (Wildman–Crippen LogP) is 1.23. The zero-order chi connectivity index (χ0) is 11.4. The van der Waals surface area contributed by atoms with Crippen LogP contribution in [0.3, 0.4) is 0 Å². The van der Waals surface area contributed by atoms with Crippen LogP contribution in [0, 0.1) is 0 Å². The van der Waals surface area contributed by atoms with E-state index in [1.165, 1.54) is 0 Å². The molecule has 82 valence electrons. The fraction of sp³-hybridized carbons (Fsp3) is 0.0769. The molecule has 0 aliphatic heterocycles. The van der Waals surface area contributed by atoms with E-state index in [0.29, 0.717) is 5.75 Å². The van der Waals surface area contributed by atoms with E-state index in [9.17, 15) is 3.83 Å². The third-order valence-corrected chi connectivity index (χ3v) is 5.24. The van der Waals surface area contributed by atoms with E-state index in [0.717, 1.165) is 8.92 Å². The Labute approximate surface area is 99.0 Å². The molecule has 1 unspecified atom stereocenters. The van der Waals surface area contributed by atoms with Gasteiger partial charge in [-0.3, -0.25) is 0 Å². The molecule has 0 radical (unpaired) electrons. The molecule has 2 nitrogen and oxygen atoms in total. The fourth-order valence-corrected chi connectivity index (χ4v) is 3.95. The van der Waals surface area contributed by atoms with Crippen molar-refractivity contribution in [3.05, 3.63) is 54.6 Å². The Hall–Kier alpha value is -1.44. The van der Waals surface area contributed by atoms with Gasteiger partial charge in [0.15, 0.2) is 0 Å². The van der Waals surface area contributed by atoms with E-state index < -0.39 is 13.8 Å². The van der Waals surface area contributed by atoms with Crippen LogP contribution in [-0.2, 0) is 3.83 Å². The van der Waals surface area contributed by atoms with E-state index in [2.05, 4.69) is 0 Å². The first-order valence-corrected chi connectivity index (χ1v) is 7.34. The molecule has 0 bridgehead atoms. The Morgan fingerprint density at radius 1 is 0.938 bits per heavy atom. The first-order valence-electron chi connectivity index (χ1n) is 4.93. The van der Waals surface area contributed by atoms with Gasteiger partial charge in [0, 0.05) is 0 Å². The van der Waals surface area contributed by atoms with Crippen molar-refractivity contribution in [1.29, 1.82) is 0 Å². The molecule has 0 aromatic heterocycles. The Kier molecular flexibility index (Phi) is 3.50. The van der Waals surface area contributed by atoms with Crippen LogP contribution in [0.4, 0.5) is 0 Å². The second-order valence-corrected chi connectivity index (χ2v) is 6.27. The summed E-state index contributed by atoms with van der Waals surface area (Å²) in [5.41, 5.74) is 0. The molecule has 0 aliphatic carbocycles. The molecule has 2 aromatic rings. The van der Waals surface area contributed by atoms with Gasteiger partial charge >= 0.3 is 98.8 Å². The molecule has 0 heterocycles. The normalized spacial score (nSPS) is 12.1. The molecule has 2 aromatic carbocycles. The summed E-state index contributed by atoms with van der Waals surface area (Å²) in [6.07, 6.45) is 0. The number of para-hydroxylation sites is 1. The molecule has 0 saturated carbocycles. The quantitative estimate of drug-likeness (QED) is 0.790. The molecule has 1 atom stereocenters. The molecule has 16 heavy (non-hydrogen) atoms. The minimum absolute atomic E-state index is 0.700. The monoisotopic (exact) mass is 280 g/mol. The summed E-state index contributed by atoms with van der Waals surface area (Å²) in [7, 11) is 1.60. The average Bonchev–Trinajstić information content (AvgIpc) is 2.39.